The molecule has 4 heteroatoms. The van der Waals surface area contributed by atoms with E-state index >= 15 is 0 Å². The maximum atomic E-state index is 10.1. The SMILES string of the molecule is Cc1cc(Br)cc(CN2CCN(C(C)C)CC2)c1O. The van der Waals surface area contributed by atoms with Gasteiger partial charge in [-0.25, -0.2) is 0 Å². The highest BCUT2D eigenvalue weighted by Gasteiger charge is 2.19. The van der Waals surface area contributed by atoms with Crippen molar-refractivity contribution in [2.75, 3.05) is 26.2 Å². The highest BCUT2D eigenvalue weighted by Crippen LogP contribution is 2.28. The highest BCUT2D eigenvalue weighted by atomic mass is 79.9. The molecule has 106 valence electrons. The number of halogens is 1. The normalized spacial score (nSPS) is 18.2. The molecule has 1 aromatic rings. The molecule has 0 amide bonds. The average Bonchev–Trinajstić information content (AvgIpc) is 2.36. The van der Waals surface area contributed by atoms with E-state index in [9.17, 15) is 5.11 Å². The molecule has 19 heavy (non-hydrogen) atoms. The van der Waals surface area contributed by atoms with Crippen LogP contribution in [0.4, 0.5) is 0 Å². The largest absolute Gasteiger partial charge is 0.507 e. The number of phenolic OH excluding ortho intramolecular Hbond substituents is 1. The Morgan fingerprint density at radius 1 is 1.21 bits per heavy atom. The molecule has 2 rings (SSSR count). The predicted octanol–water partition coefficient (Wildman–Crippen LogP) is 2.99. The minimum atomic E-state index is 0.439. The van der Waals surface area contributed by atoms with Crippen LogP contribution in [0.25, 0.3) is 0 Å². The van der Waals surface area contributed by atoms with Gasteiger partial charge in [0.2, 0.25) is 0 Å². The van der Waals surface area contributed by atoms with Gasteiger partial charge in [0.15, 0.2) is 0 Å². The van der Waals surface area contributed by atoms with Gasteiger partial charge >= 0.3 is 0 Å². The summed E-state index contributed by atoms with van der Waals surface area (Å²) in [5.74, 6) is 0.439. The molecule has 0 aromatic heterocycles. The van der Waals surface area contributed by atoms with Gasteiger partial charge in [0.25, 0.3) is 0 Å². The van der Waals surface area contributed by atoms with Crippen molar-refractivity contribution in [3.63, 3.8) is 0 Å². The fourth-order valence-electron chi connectivity index (χ4n) is 2.60. The van der Waals surface area contributed by atoms with Crippen molar-refractivity contribution in [1.29, 1.82) is 0 Å². The second-order valence-electron chi connectivity index (χ2n) is 5.64. The van der Waals surface area contributed by atoms with E-state index in [4.69, 9.17) is 0 Å². The van der Waals surface area contributed by atoms with Gasteiger partial charge in [0.1, 0.15) is 5.75 Å². The lowest BCUT2D eigenvalue weighted by Gasteiger charge is -2.37. The Bertz CT molecular complexity index is 440. The van der Waals surface area contributed by atoms with Crippen LogP contribution in [0.1, 0.15) is 25.0 Å². The number of phenols is 1. The molecular weight excluding hydrogens is 304 g/mol. The lowest BCUT2D eigenvalue weighted by molar-refractivity contribution is 0.103. The van der Waals surface area contributed by atoms with Crippen molar-refractivity contribution >= 4 is 15.9 Å². The van der Waals surface area contributed by atoms with E-state index in [0.29, 0.717) is 11.8 Å². The summed E-state index contributed by atoms with van der Waals surface area (Å²) in [4.78, 5) is 4.92. The maximum Gasteiger partial charge on any atom is 0.123 e. The molecule has 0 atom stereocenters. The maximum absolute atomic E-state index is 10.1. The molecule has 3 nitrogen and oxygen atoms in total. The van der Waals surface area contributed by atoms with Crippen LogP contribution in [-0.4, -0.2) is 47.1 Å². The molecule has 1 N–H and O–H groups in total. The van der Waals surface area contributed by atoms with Crippen molar-refractivity contribution in [2.24, 2.45) is 0 Å². The Morgan fingerprint density at radius 2 is 1.84 bits per heavy atom. The van der Waals surface area contributed by atoms with Crippen LogP contribution < -0.4 is 0 Å². The summed E-state index contributed by atoms with van der Waals surface area (Å²) < 4.78 is 1.04. The van der Waals surface area contributed by atoms with Gasteiger partial charge in [-0.1, -0.05) is 15.9 Å². The molecule has 0 radical (unpaired) electrons. The van der Waals surface area contributed by atoms with E-state index in [-0.39, 0.29) is 0 Å². The number of aromatic hydroxyl groups is 1. The van der Waals surface area contributed by atoms with E-state index in [1.54, 1.807) is 0 Å². The summed E-state index contributed by atoms with van der Waals surface area (Å²) in [5, 5.41) is 10.1. The van der Waals surface area contributed by atoms with Crippen LogP contribution in [0.2, 0.25) is 0 Å². The minimum absolute atomic E-state index is 0.439. The molecule has 1 aliphatic heterocycles. The molecule has 0 spiro atoms. The highest BCUT2D eigenvalue weighted by molar-refractivity contribution is 9.10. The summed E-state index contributed by atoms with van der Waals surface area (Å²) in [6.45, 7) is 11.7. The Balaban J connectivity index is 2.00. The van der Waals surface area contributed by atoms with Crippen molar-refractivity contribution in [2.45, 2.75) is 33.4 Å². The van der Waals surface area contributed by atoms with Crippen LogP contribution in [-0.2, 0) is 6.54 Å². The molecule has 0 bridgehead atoms. The van der Waals surface area contributed by atoms with Gasteiger partial charge in [0, 0.05) is 48.8 Å². The minimum Gasteiger partial charge on any atom is -0.507 e. The Labute approximate surface area is 124 Å². The summed E-state index contributed by atoms with van der Waals surface area (Å²) in [5.41, 5.74) is 1.95. The zero-order valence-corrected chi connectivity index (χ0v) is 13.6. The number of hydrogen-bond donors (Lipinski definition) is 1. The predicted molar refractivity (Wildman–Crippen MR) is 82.5 cm³/mol. The lowest BCUT2D eigenvalue weighted by atomic mass is 10.1. The van der Waals surface area contributed by atoms with Gasteiger partial charge in [-0.2, -0.15) is 0 Å². The van der Waals surface area contributed by atoms with Crippen molar-refractivity contribution < 1.29 is 5.11 Å². The first-order valence-corrected chi connectivity index (χ1v) is 7.71. The van der Waals surface area contributed by atoms with Crippen LogP contribution in [0, 0.1) is 6.92 Å². The van der Waals surface area contributed by atoms with E-state index in [1.807, 2.05) is 19.1 Å². The van der Waals surface area contributed by atoms with Crippen molar-refractivity contribution in [3.8, 4) is 5.75 Å². The number of nitrogens with zero attached hydrogens (tertiary/aromatic N) is 2. The van der Waals surface area contributed by atoms with Crippen molar-refractivity contribution in [1.82, 2.24) is 9.80 Å². The van der Waals surface area contributed by atoms with Gasteiger partial charge in [-0.15, -0.1) is 0 Å². The summed E-state index contributed by atoms with van der Waals surface area (Å²) >= 11 is 3.50. The van der Waals surface area contributed by atoms with Crippen LogP contribution in [0.3, 0.4) is 0 Å². The van der Waals surface area contributed by atoms with Gasteiger partial charge in [-0.05, 0) is 38.5 Å². The number of benzene rings is 1. The molecule has 0 unspecified atom stereocenters. The van der Waals surface area contributed by atoms with E-state index < -0.39 is 0 Å². The van der Waals surface area contributed by atoms with Gasteiger partial charge < -0.3 is 5.11 Å². The van der Waals surface area contributed by atoms with E-state index in [2.05, 4.69) is 39.6 Å². The smallest absolute Gasteiger partial charge is 0.123 e. The molecule has 0 saturated carbocycles. The average molecular weight is 327 g/mol. The Hall–Kier alpha value is -0.580. The summed E-state index contributed by atoms with van der Waals surface area (Å²) in [6, 6.07) is 4.61. The molecule has 1 aliphatic rings. The van der Waals surface area contributed by atoms with Crippen molar-refractivity contribution in [3.05, 3.63) is 27.7 Å². The molecule has 1 aromatic carbocycles. The summed E-state index contributed by atoms with van der Waals surface area (Å²) in [7, 11) is 0. The first-order chi connectivity index (χ1) is 8.97. The van der Waals surface area contributed by atoms with Gasteiger partial charge in [0.05, 0.1) is 0 Å². The third-order valence-corrected chi connectivity index (χ3v) is 4.33. The fraction of sp³-hybridized carbons (Fsp3) is 0.600. The number of aryl methyl sites for hydroxylation is 1. The molecular formula is C15H23BrN2O. The number of rotatable bonds is 3. The number of piperazine rings is 1. The Morgan fingerprint density at radius 3 is 2.42 bits per heavy atom. The molecule has 1 saturated heterocycles. The topological polar surface area (TPSA) is 26.7 Å². The zero-order valence-electron chi connectivity index (χ0n) is 12.0. The van der Waals surface area contributed by atoms with Crippen LogP contribution in [0.5, 0.6) is 5.75 Å². The second kappa shape index (κ2) is 6.25. The molecule has 0 aliphatic carbocycles. The standard InChI is InChI=1S/C15H23BrN2O/c1-11(2)18-6-4-17(5-7-18)10-13-9-14(16)8-12(3)15(13)19/h8-9,11,19H,4-7,10H2,1-3H3. The second-order valence-corrected chi connectivity index (χ2v) is 6.55. The summed E-state index contributed by atoms with van der Waals surface area (Å²) in [6.07, 6.45) is 0. The van der Waals surface area contributed by atoms with Crippen LogP contribution in [0.15, 0.2) is 16.6 Å². The lowest BCUT2D eigenvalue weighted by Crippen LogP contribution is -2.48. The first kappa shape index (κ1) is 14.8. The fourth-order valence-corrected chi connectivity index (χ4v) is 3.22. The molecule has 1 heterocycles. The first-order valence-electron chi connectivity index (χ1n) is 6.91. The molecule has 1 fully saturated rings. The van der Waals surface area contributed by atoms with E-state index in [1.165, 1.54) is 0 Å². The van der Waals surface area contributed by atoms with Gasteiger partial charge in [-0.3, -0.25) is 9.80 Å². The zero-order chi connectivity index (χ0) is 14.0. The van der Waals surface area contributed by atoms with Crippen LogP contribution >= 0.6 is 15.9 Å². The quantitative estimate of drug-likeness (QED) is 0.925. The monoisotopic (exact) mass is 326 g/mol. The Kier molecular flexibility index (Phi) is 4.87. The third-order valence-electron chi connectivity index (χ3n) is 3.88. The third kappa shape index (κ3) is 3.71. The number of hydrogen-bond acceptors (Lipinski definition) is 3. The van der Waals surface area contributed by atoms with E-state index in [0.717, 1.165) is 48.3 Å².